The zero-order valence-corrected chi connectivity index (χ0v) is 32.1. The van der Waals surface area contributed by atoms with Crippen LogP contribution in [0.3, 0.4) is 0 Å². The van der Waals surface area contributed by atoms with Gasteiger partial charge in [-0.1, -0.05) is 141 Å². The van der Waals surface area contributed by atoms with E-state index >= 15 is 0 Å². The molecule has 2 radical (unpaired) electrons. The molecule has 0 saturated heterocycles. The van der Waals surface area contributed by atoms with E-state index in [9.17, 15) is 4.79 Å². The van der Waals surface area contributed by atoms with Crippen LogP contribution in [0.1, 0.15) is 200 Å². The molecular weight excluding hydrogens is 578 g/mol. The van der Waals surface area contributed by atoms with Gasteiger partial charge < -0.3 is 14.4 Å². The largest absolute Gasteiger partial charge is 0.508 e. The molecule has 0 aromatic carbocycles. The molecule has 0 aromatic rings. The summed E-state index contributed by atoms with van der Waals surface area (Å²) >= 11 is 0. The topological polar surface area (TPSA) is 38.8 Å². The molecule has 0 N–H and O–H groups in total. The second-order valence-corrected chi connectivity index (χ2v) is 14.1. The lowest BCUT2D eigenvalue weighted by atomic mass is 10.0. The van der Waals surface area contributed by atoms with Crippen molar-refractivity contribution in [3.05, 3.63) is 37.1 Å². The number of allylic oxidation sites excluding steroid dienone is 4. The molecule has 0 aromatic heterocycles. The second-order valence-electron chi connectivity index (χ2n) is 14.1. The molecule has 0 rings (SSSR count). The fourth-order valence-electron chi connectivity index (χ4n) is 5.94. The summed E-state index contributed by atoms with van der Waals surface area (Å²) in [4.78, 5) is 14.5. The third-order valence-electron chi connectivity index (χ3n) is 8.99. The first-order valence-electron chi connectivity index (χ1n) is 20.5. The molecule has 0 spiro atoms. The van der Waals surface area contributed by atoms with Crippen LogP contribution in [0.4, 0.5) is 4.79 Å². The predicted molar refractivity (Wildman–Crippen MR) is 207 cm³/mol. The molecule has 0 heterocycles. The molecule has 0 bridgehead atoms. The molecule has 0 aliphatic rings. The standard InChI is InChI=1S/C43H81NO3/c1-5-7-9-11-13-15-17-19-21-23-25-27-29-31-33-35-38-42(47-43(45)46-41-37-40-44(3)4)39-36-34-32-30-28-26-24-22-20-18-16-14-12-10-8-6-2/h15-16,19-22,42H,5-14,17-18,23-41H2,1-4H3/b21-19-,22-20-. The summed E-state index contributed by atoms with van der Waals surface area (Å²) in [6.07, 6.45) is 49.9. The maximum Gasteiger partial charge on any atom is 0.508 e. The molecule has 0 unspecified atom stereocenters. The number of unbranched alkanes of at least 4 members (excludes halogenated alkanes) is 24. The van der Waals surface area contributed by atoms with Gasteiger partial charge in [-0.15, -0.1) is 0 Å². The van der Waals surface area contributed by atoms with Gasteiger partial charge in [0.15, 0.2) is 0 Å². The number of nitrogens with zero attached hydrogens (tertiary/aromatic N) is 1. The molecule has 4 nitrogen and oxygen atoms in total. The number of carbonyl (C=O) groups is 1. The summed E-state index contributed by atoms with van der Waals surface area (Å²) in [5, 5.41) is 0. The summed E-state index contributed by atoms with van der Waals surface area (Å²) in [6, 6.07) is 0. The Bertz CT molecular complexity index is 632. The summed E-state index contributed by atoms with van der Waals surface area (Å²) in [5.41, 5.74) is 0. The van der Waals surface area contributed by atoms with Crippen molar-refractivity contribution in [3.63, 3.8) is 0 Å². The number of carbonyl (C=O) groups excluding carboxylic acids is 1. The third-order valence-corrected chi connectivity index (χ3v) is 8.99. The first kappa shape index (κ1) is 45.7. The third kappa shape index (κ3) is 39.0. The van der Waals surface area contributed by atoms with E-state index in [2.05, 4.69) is 55.9 Å². The van der Waals surface area contributed by atoms with Gasteiger partial charge in [-0.25, -0.2) is 4.79 Å². The van der Waals surface area contributed by atoms with Gasteiger partial charge in [-0.2, -0.15) is 0 Å². The van der Waals surface area contributed by atoms with Gasteiger partial charge in [0.2, 0.25) is 0 Å². The van der Waals surface area contributed by atoms with E-state index in [1.54, 1.807) is 0 Å². The van der Waals surface area contributed by atoms with E-state index in [0.29, 0.717) is 6.61 Å². The van der Waals surface area contributed by atoms with E-state index < -0.39 is 6.16 Å². The molecule has 4 heteroatoms. The highest BCUT2D eigenvalue weighted by molar-refractivity contribution is 5.60. The van der Waals surface area contributed by atoms with Crippen molar-refractivity contribution in [2.45, 2.75) is 206 Å². The Balaban J connectivity index is 3.99. The quantitative estimate of drug-likeness (QED) is 0.0378. The highest BCUT2D eigenvalue weighted by Gasteiger charge is 2.15. The van der Waals surface area contributed by atoms with Crippen LogP contribution in [0.15, 0.2) is 24.3 Å². The fraction of sp³-hybridized carbons (Fsp3) is 0.837. The summed E-state index contributed by atoms with van der Waals surface area (Å²) in [7, 11) is 4.08. The van der Waals surface area contributed by atoms with E-state index in [1.807, 2.05) is 14.1 Å². The van der Waals surface area contributed by atoms with Gasteiger partial charge in [-0.05, 0) is 110 Å². The minimum atomic E-state index is -0.474. The van der Waals surface area contributed by atoms with Gasteiger partial charge in [0, 0.05) is 6.54 Å². The first-order chi connectivity index (χ1) is 23.1. The Morgan fingerprint density at radius 2 is 0.957 bits per heavy atom. The Labute approximate surface area is 295 Å². The van der Waals surface area contributed by atoms with Crippen molar-refractivity contribution in [2.75, 3.05) is 27.2 Å². The molecule has 0 atom stereocenters. The normalized spacial score (nSPS) is 12.0. The summed E-state index contributed by atoms with van der Waals surface area (Å²) < 4.78 is 11.2. The molecular formula is C43H81NO3. The lowest BCUT2D eigenvalue weighted by Crippen LogP contribution is -2.21. The van der Waals surface area contributed by atoms with Crippen LogP contribution < -0.4 is 0 Å². The van der Waals surface area contributed by atoms with Crippen LogP contribution >= 0.6 is 0 Å². The van der Waals surface area contributed by atoms with Crippen molar-refractivity contribution in [1.82, 2.24) is 4.90 Å². The lowest BCUT2D eigenvalue weighted by molar-refractivity contribution is 0.0150. The van der Waals surface area contributed by atoms with Crippen LogP contribution in [0.25, 0.3) is 0 Å². The van der Waals surface area contributed by atoms with Gasteiger partial charge in [0.1, 0.15) is 6.10 Å². The predicted octanol–water partition coefficient (Wildman–Crippen LogP) is 13.9. The van der Waals surface area contributed by atoms with E-state index in [0.717, 1.165) is 51.5 Å². The molecule has 0 fully saturated rings. The van der Waals surface area contributed by atoms with E-state index in [4.69, 9.17) is 9.47 Å². The molecule has 0 aliphatic heterocycles. The summed E-state index contributed by atoms with van der Waals surface area (Å²) in [5.74, 6) is 0. The maximum absolute atomic E-state index is 12.4. The molecule has 276 valence electrons. The maximum atomic E-state index is 12.4. The minimum Gasteiger partial charge on any atom is -0.434 e. The monoisotopic (exact) mass is 660 g/mol. The van der Waals surface area contributed by atoms with Gasteiger partial charge in [-0.3, -0.25) is 0 Å². The SMILES string of the molecule is CCCCCC[CH]C/C=C\CCCCCCCCC(CCCCCCCC/C=C\C[CH]CCCCCC)OC(=O)OCCCN(C)C. The number of rotatable bonds is 37. The smallest absolute Gasteiger partial charge is 0.434 e. The van der Waals surface area contributed by atoms with Crippen molar-refractivity contribution in [1.29, 1.82) is 0 Å². The van der Waals surface area contributed by atoms with Crippen molar-refractivity contribution < 1.29 is 14.3 Å². The molecule has 0 amide bonds. The van der Waals surface area contributed by atoms with E-state index in [1.165, 1.54) is 141 Å². The Hall–Kier alpha value is -1.29. The van der Waals surface area contributed by atoms with Crippen LogP contribution in [-0.4, -0.2) is 44.4 Å². The fourth-order valence-corrected chi connectivity index (χ4v) is 5.94. The van der Waals surface area contributed by atoms with Crippen LogP contribution in [0.2, 0.25) is 0 Å². The number of hydrogen-bond acceptors (Lipinski definition) is 4. The zero-order valence-electron chi connectivity index (χ0n) is 32.1. The Morgan fingerprint density at radius 1 is 0.532 bits per heavy atom. The van der Waals surface area contributed by atoms with Crippen LogP contribution in [0, 0.1) is 12.8 Å². The van der Waals surface area contributed by atoms with Gasteiger partial charge in [0.25, 0.3) is 0 Å². The zero-order chi connectivity index (χ0) is 34.3. The number of hydrogen-bond donors (Lipinski definition) is 0. The summed E-state index contributed by atoms with van der Waals surface area (Å²) in [6.45, 7) is 5.89. The van der Waals surface area contributed by atoms with E-state index in [-0.39, 0.29) is 6.10 Å². The average molecular weight is 660 g/mol. The highest BCUT2D eigenvalue weighted by atomic mass is 16.7. The number of ether oxygens (including phenoxy) is 2. The molecule has 47 heavy (non-hydrogen) atoms. The van der Waals surface area contributed by atoms with Crippen molar-refractivity contribution >= 4 is 6.16 Å². The first-order valence-corrected chi connectivity index (χ1v) is 20.5. The molecule has 0 aliphatic carbocycles. The highest BCUT2D eigenvalue weighted by Crippen LogP contribution is 2.18. The van der Waals surface area contributed by atoms with Gasteiger partial charge in [0.05, 0.1) is 6.61 Å². The van der Waals surface area contributed by atoms with Gasteiger partial charge >= 0.3 is 6.16 Å². The van der Waals surface area contributed by atoms with Crippen molar-refractivity contribution in [3.8, 4) is 0 Å². The lowest BCUT2D eigenvalue weighted by Gasteiger charge is -2.18. The van der Waals surface area contributed by atoms with Crippen LogP contribution in [-0.2, 0) is 9.47 Å². The second kappa shape index (κ2) is 39.2. The Morgan fingerprint density at radius 3 is 1.43 bits per heavy atom. The Kier molecular flexibility index (Phi) is 38.1. The van der Waals surface area contributed by atoms with Crippen LogP contribution in [0.5, 0.6) is 0 Å². The average Bonchev–Trinajstić information content (AvgIpc) is 3.06. The minimum absolute atomic E-state index is 0.00137. The molecule has 0 saturated carbocycles. The van der Waals surface area contributed by atoms with Crippen molar-refractivity contribution in [2.24, 2.45) is 0 Å².